The maximum atomic E-state index is 14.4. The normalized spacial score (nSPS) is 18.9. The Hall–Kier alpha value is -3.58. The quantitative estimate of drug-likeness (QED) is 0.339. The molecule has 0 radical (unpaired) electrons. The summed E-state index contributed by atoms with van der Waals surface area (Å²) in [6.07, 6.45) is 1.35. The van der Waals surface area contributed by atoms with Crippen molar-refractivity contribution in [1.29, 1.82) is 0 Å². The van der Waals surface area contributed by atoms with Crippen LogP contribution in [0.3, 0.4) is 0 Å². The lowest BCUT2D eigenvalue weighted by Crippen LogP contribution is -2.52. The van der Waals surface area contributed by atoms with E-state index >= 15 is 0 Å². The van der Waals surface area contributed by atoms with Crippen molar-refractivity contribution >= 4 is 46.0 Å². The minimum absolute atomic E-state index is 0.0368. The van der Waals surface area contributed by atoms with Crippen molar-refractivity contribution in [2.24, 2.45) is 11.8 Å². The van der Waals surface area contributed by atoms with Gasteiger partial charge in [0, 0.05) is 50.6 Å². The molecular formula is C27H34ClF2N7O4. The fourth-order valence-corrected chi connectivity index (χ4v) is 5.10. The van der Waals surface area contributed by atoms with Crippen LogP contribution in [0.15, 0.2) is 34.0 Å². The molecule has 3 heterocycles. The zero-order valence-corrected chi connectivity index (χ0v) is 24.3. The van der Waals surface area contributed by atoms with Gasteiger partial charge >= 0.3 is 11.1 Å². The smallest absolute Gasteiger partial charge is 0.317 e. The standard InChI is InChI=1S/C27H34ClF2N7O4/c1-15-12-35(13-16(2)27(15,29)30)25-32-11-18(28)22(34-25)33-17-6-7-19-20(10-17)36(9-8-21(38)31-5)23(39)24(40)37(19)14-26(3,4)41/h6-7,10-11,15-16,41H,8-9,12-14H2,1-5H3,(H,31,38)(H,32,33,34)/t15-,16+. The number of halogens is 3. The lowest BCUT2D eigenvalue weighted by molar-refractivity contribution is -0.120. The minimum Gasteiger partial charge on any atom is -0.389 e. The van der Waals surface area contributed by atoms with E-state index in [0.717, 1.165) is 0 Å². The molecule has 4 rings (SSSR count). The average molecular weight is 594 g/mol. The summed E-state index contributed by atoms with van der Waals surface area (Å²) in [7, 11) is 1.48. The fourth-order valence-electron chi connectivity index (χ4n) is 4.96. The van der Waals surface area contributed by atoms with E-state index in [9.17, 15) is 28.3 Å². The third-order valence-corrected chi connectivity index (χ3v) is 7.47. The zero-order valence-electron chi connectivity index (χ0n) is 23.5. The maximum Gasteiger partial charge on any atom is 0.317 e. The van der Waals surface area contributed by atoms with E-state index in [4.69, 9.17) is 11.6 Å². The number of amides is 1. The van der Waals surface area contributed by atoms with Crippen molar-refractivity contribution in [3.8, 4) is 0 Å². The van der Waals surface area contributed by atoms with Gasteiger partial charge in [0.1, 0.15) is 5.02 Å². The number of aryl methyl sites for hydroxylation is 1. The molecular weight excluding hydrogens is 560 g/mol. The number of anilines is 3. The van der Waals surface area contributed by atoms with E-state index in [1.807, 2.05) is 0 Å². The SMILES string of the molecule is CNC(=O)CCn1c(=O)c(=O)n(CC(C)(C)O)c2ccc(Nc3nc(N4C[C@@H](C)C(F)(F)[C@@H](C)C4)ncc3Cl)cc21. The number of hydrogen-bond donors (Lipinski definition) is 3. The van der Waals surface area contributed by atoms with Crippen LogP contribution in [0.1, 0.15) is 34.1 Å². The third-order valence-electron chi connectivity index (χ3n) is 7.20. The van der Waals surface area contributed by atoms with Gasteiger partial charge in [-0.25, -0.2) is 13.8 Å². The number of alkyl halides is 2. The summed E-state index contributed by atoms with van der Waals surface area (Å²) < 4.78 is 31.2. The van der Waals surface area contributed by atoms with Gasteiger partial charge in [-0.3, -0.25) is 19.0 Å². The molecule has 1 aromatic carbocycles. The van der Waals surface area contributed by atoms with Crippen molar-refractivity contribution in [2.75, 3.05) is 30.4 Å². The van der Waals surface area contributed by atoms with Crippen LogP contribution in [-0.2, 0) is 17.9 Å². The van der Waals surface area contributed by atoms with E-state index in [1.54, 1.807) is 23.1 Å². The molecule has 1 aliphatic rings. The highest BCUT2D eigenvalue weighted by molar-refractivity contribution is 6.32. The summed E-state index contributed by atoms with van der Waals surface area (Å²) in [6, 6.07) is 4.89. The molecule has 1 saturated heterocycles. The summed E-state index contributed by atoms with van der Waals surface area (Å²) in [5.74, 6) is -4.43. The van der Waals surface area contributed by atoms with Gasteiger partial charge in [0.2, 0.25) is 11.9 Å². The first-order valence-corrected chi connectivity index (χ1v) is 13.6. The van der Waals surface area contributed by atoms with Crippen LogP contribution < -0.4 is 26.7 Å². The Morgan fingerprint density at radius 2 is 1.78 bits per heavy atom. The van der Waals surface area contributed by atoms with Gasteiger partial charge in [0.15, 0.2) is 5.82 Å². The minimum atomic E-state index is -2.80. The fraction of sp³-hybridized carbons (Fsp3) is 0.519. The Balaban J connectivity index is 1.75. The second-order valence-electron chi connectivity index (χ2n) is 11.2. The van der Waals surface area contributed by atoms with Gasteiger partial charge < -0.3 is 25.2 Å². The number of hydrogen-bond acceptors (Lipinski definition) is 8. The van der Waals surface area contributed by atoms with E-state index in [1.165, 1.54) is 50.1 Å². The first kappa shape index (κ1) is 30.4. The van der Waals surface area contributed by atoms with Crippen molar-refractivity contribution in [3.05, 3.63) is 50.1 Å². The molecule has 14 heteroatoms. The number of carbonyl (C=O) groups excluding carboxylic acids is 1. The van der Waals surface area contributed by atoms with Gasteiger partial charge in [0.05, 0.1) is 29.4 Å². The molecule has 1 amide bonds. The number of fused-ring (bicyclic) bond motifs is 1. The van der Waals surface area contributed by atoms with Crippen LogP contribution in [-0.4, -0.2) is 61.8 Å². The summed E-state index contributed by atoms with van der Waals surface area (Å²) in [5, 5.41) is 16.2. The number of piperidine rings is 1. The summed E-state index contributed by atoms with van der Waals surface area (Å²) in [6.45, 7) is 6.01. The van der Waals surface area contributed by atoms with Crippen LogP contribution in [0.25, 0.3) is 11.0 Å². The third kappa shape index (κ3) is 6.35. The van der Waals surface area contributed by atoms with Crippen molar-refractivity contribution in [3.63, 3.8) is 0 Å². The van der Waals surface area contributed by atoms with Crippen molar-refractivity contribution in [1.82, 2.24) is 24.4 Å². The van der Waals surface area contributed by atoms with Crippen LogP contribution in [0.5, 0.6) is 0 Å². The molecule has 1 fully saturated rings. The number of aliphatic hydroxyl groups is 1. The van der Waals surface area contributed by atoms with Crippen LogP contribution in [0, 0.1) is 11.8 Å². The van der Waals surface area contributed by atoms with Gasteiger partial charge in [-0.15, -0.1) is 0 Å². The molecule has 2 aromatic heterocycles. The molecule has 0 spiro atoms. The molecule has 3 N–H and O–H groups in total. The highest BCUT2D eigenvalue weighted by Crippen LogP contribution is 2.39. The summed E-state index contributed by atoms with van der Waals surface area (Å²) in [4.78, 5) is 48.5. The van der Waals surface area contributed by atoms with Crippen molar-refractivity contribution in [2.45, 2.75) is 58.7 Å². The Kier molecular flexibility index (Phi) is 8.42. The number of rotatable bonds is 8. The average Bonchev–Trinajstić information content (AvgIpc) is 2.90. The largest absolute Gasteiger partial charge is 0.389 e. The van der Waals surface area contributed by atoms with Crippen LogP contribution in [0.4, 0.5) is 26.2 Å². The second-order valence-corrected chi connectivity index (χ2v) is 11.6. The van der Waals surface area contributed by atoms with Gasteiger partial charge in [0.25, 0.3) is 5.92 Å². The molecule has 3 aromatic rings. The predicted molar refractivity (Wildman–Crippen MR) is 153 cm³/mol. The molecule has 1 aliphatic heterocycles. The highest BCUT2D eigenvalue weighted by atomic mass is 35.5. The number of carbonyl (C=O) groups is 1. The summed E-state index contributed by atoms with van der Waals surface area (Å²) in [5.41, 5.74) is -1.76. The predicted octanol–water partition coefficient (Wildman–Crippen LogP) is 2.98. The molecule has 0 saturated carbocycles. The Morgan fingerprint density at radius 3 is 2.39 bits per heavy atom. The lowest BCUT2D eigenvalue weighted by atomic mass is 9.87. The Bertz CT molecular complexity index is 1570. The summed E-state index contributed by atoms with van der Waals surface area (Å²) >= 11 is 6.38. The molecule has 2 atom stereocenters. The van der Waals surface area contributed by atoms with E-state index in [2.05, 4.69) is 20.6 Å². The molecule has 222 valence electrons. The number of benzene rings is 1. The van der Waals surface area contributed by atoms with E-state index in [0.29, 0.717) is 16.7 Å². The lowest BCUT2D eigenvalue weighted by Gasteiger charge is -2.41. The Labute approximate surface area is 240 Å². The van der Waals surface area contributed by atoms with Gasteiger partial charge in [-0.05, 0) is 32.0 Å². The van der Waals surface area contributed by atoms with Crippen molar-refractivity contribution < 1.29 is 18.7 Å². The molecule has 0 aliphatic carbocycles. The van der Waals surface area contributed by atoms with Gasteiger partial charge in [-0.2, -0.15) is 4.98 Å². The topological polar surface area (TPSA) is 134 Å². The first-order chi connectivity index (χ1) is 19.1. The van der Waals surface area contributed by atoms with Crippen LogP contribution in [0.2, 0.25) is 5.02 Å². The van der Waals surface area contributed by atoms with E-state index in [-0.39, 0.29) is 55.3 Å². The molecule has 0 bridgehead atoms. The van der Waals surface area contributed by atoms with Crippen LogP contribution >= 0.6 is 11.6 Å². The number of nitrogens with one attached hydrogen (secondary N) is 2. The van der Waals surface area contributed by atoms with Gasteiger partial charge in [-0.1, -0.05) is 25.4 Å². The molecule has 0 unspecified atom stereocenters. The number of aromatic nitrogens is 4. The molecule has 11 nitrogen and oxygen atoms in total. The number of nitrogens with zero attached hydrogens (tertiary/aromatic N) is 5. The Morgan fingerprint density at radius 1 is 1.15 bits per heavy atom. The van der Waals surface area contributed by atoms with E-state index < -0.39 is 34.5 Å². The zero-order chi connectivity index (χ0) is 30.3. The highest BCUT2D eigenvalue weighted by Gasteiger charge is 2.47. The second kappa shape index (κ2) is 11.4. The monoisotopic (exact) mass is 593 g/mol. The maximum absolute atomic E-state index is 14.4. The first-order valence-electron chi connectivity index (χ1n) is 13.2. The molecule has 41 heavy (non-hydrogen) atoms.